The Bertz CT molecular complexity index is 676. The van der Waals surface area contributed by atoms with Crippen molar-refractivity contribution in [2.24, 2.45) is 5.92 Å². The average molecular weight is 357 g/mol. The maximum absolute atomic E-state index is 12.6. The van der Waals surface area contributed by atoms with E-state index >= 15 is 0 Å². The molecule has 5 nitrogen and oxygen atoms in total. The molecule has 0 bridgehead atoms. The zero-order valence-electron chi connectivity index (χ0n) is 16.2. The van der Waals surface area contributed by atoms with Gasteiger partial charge in [0.05, 0.1) is 11.2 Å². The molecular weight excluding hydrogens is 329 g/mol. The molecule has 0 aromatic heterocycles. The first-order valence-electron chi connectivity index (χ1n) is 9.55. The Hall–Kier alpha value is -1.53. The lowest BCUT2D eigenvalue weighted by Gasteiger charge is -2.33. The third kappa shape index (κ3) is 2.93. The van der Waals surface area contributed by atoms with E-state index < -0.39 is 0 Å². The van der Waals surface area contributed by atoms with Gasteiger partial charge in [0.2, 0.25) is 0 Å². The van der Waals surface area contributed by atoms with Crippen LogP contribution in [0.3, 0.4) is 0 Å². The van der Waals surface area contributed by atoms with Gasteiger partial charge >= 0.3 is 13.2 Å². The highest BCUT2D eigenvalue weighted by atomic mass is 16.7. The van der Waals surface area contributed by atoms with Crippen LogP contribution in [0.1, 0.15) is 46.1 Å². The van der Waals surface area contributed by atoms with Gasteiger partial charge in [-0.3, -0.25) is 0 Å². The van der Waals surface area contributed by atoms with Crippen molar-refractivity contribution in [2.45, 2.75) is 63.7 Å². The van der Waals surface area contributed by atoms with E-state index in [1.807, 2.05) is 35.2 Å². The highest BCUT2D eigenvalue weighted by Crippen LogP contribution is 2.68. The summed E-state index contributed by atoms with van der Waals surface area (Å²) in [5, 5.41) is -0.0743. The molecule has 1 amide bonds. The van der Waals surface area contributed by atoms with E-state index in [1.54, 1.807) is 0 Å². The highest BCUT2D eigenvalue weighted by molar-refractivity contribution is 6.51. The Labute approximate surface area is 156 Å². The summed E-state index contributed by atoms with van der Waals surface area (Å²) in [6.45, 7) is 10.0. The summed E-state index contributed by atoms with van der Waals surface area (Å²) in [5.74, 6) is 0.579. The molecule has 3 fully saturated rings. The van der Waals surface area contributed by atoms with Crippen LogP contribution in [0.15, 0.2) is 30.3 Å². The second kappa shape index (κ2) is 5.99. The number of benzene rings is 1. The van der Waals surface area contributed by atoms with Crippen LogP contribution in [0.5, 0.6) is 0 Å². The van der Waals surface area contributed by atoms with Gasteiger partial charge in [-0.05, 0) is 52.0 Å². The van der Waals surface area contributed by atoms with E-state index in [9.17, 15) is 4.79 Å². The highest BCUT2D eigenvalue weighted by Gasteiger charge is 2.71. The minimum Gasteiger partial charge on any atom is -0.445 e. The largest absolute Gasteiger partial charge is 0.466 e. The molecule has 2 atom stereocenters. The zero-order chi connectivity index (χ0) is 18.6. The smallest absolute Gasteiger partial charge is 0.445 e. The third-order valence-electron chi connectivity index (χ3n) is 6.70. The predicted molar refractivity (Wildman–Crippen MR) is 99.7 cm³/mol. The molecule has 1 saturated carbocycles. The van der Waals surface area contributed by atoms with E-state index in [-0.39, 0.29) is 29.7 Å². The summed E-state index contributed by atoms with van der Waals surface area (Å²) in [6, 6.07) is 9.79. The zero-order valence-corrected chi connectivity index (χ0v) is 16.2. The van der Waals surface area contributed by atoms with Crippen LogP contribution in [-0.2, 0) is 20.7 Å². The number of amides is 1. The SMILES string of the molecule is CC1(C)OB(C23CC2CCN(C(=O)OCc2ccccc2)C3)OC1(C)C. The van der Waals surface area contributed by atoms with Gasteiger partial charge in [-0.1, -0.05) is 30.3 Å². The molecular formula is C20H28BNO4. The molecule has 0 radical (unpaired) electrons. The molecule has 140 valence electrons. The molecule has 1 aromatic carbocycles. The molecule has 0 spiro atoms. The number of hydrogen-bond acceptors (Lipinski definition) is 4. The van der Waals surface area contributed by atoms with Crippen molar-refractivity contribution in [3.63, 3.8) is 0 Å². The summed E-state index contributed by atoms with van der Waals surface area (Å²) < 4.78 is 18.1. The van der Waals surface area contributed by atoms with Crippen molar-refractivity contribution in [1.82, 2.24) is 4.90 Å². The maximum atomic E-state index is 12.6. The van der Waals surface area contributed by atoms with Crippen LogP contribution < -0.4 is 0 Å². The molecule has 2 aliphatic heterocycles. The van der Waals surface area contributed by atoms with Crippen molar-refractivity contribution in [3.05, 3.63) is 35.9 Å². The van der Waals surface area contributed by atoms with Gasteiger partial charge < -0.3 is 18.9 Å². The summed E-state index contributed by atoms with van der Waals surface area (Å²) in [4.78, 5) is 14.4. The molecule has 1 aromatic rings. The summed E-state index contributed by atoms with van der Waals surface area (Å²) in [6.07, 6.45) is 1.81. The molecule has 3 aliphatic rings. The second-order valence-electron chi connectivity index (χ2n) is 8.97. The van der Waals surface area contributed by atoms with Gasteiger partial charge in [-0.15, -0.1) is 0 Å². The van der Waals surface area contributed by atoms with Crippen molar-refractivity contribution in [2.75, 3.05) is 13.1 Å². The quantitative estimate of drug-likeness (QED) is 0.771. The van der Waals surface area contributed by atoms with Crippen LogP contribution in [-0.4, -0.2) is 42.4 Å². The Morgan fingerprint density at radius 3 is 2.50 bits per heavy atom. The van der Waals surface area contributed by atoms with Crippen molar-refractivity contribution >= 4 is 13.2 Å². The minimum absolute atomic E-state index is 0.0743. The van der Waals surface area contributed by atoms with Crippen LogP contribution in [0.25, 0.3) is 0 Å². The lowest BCUT2D eigenvalue weighted by atomic mass is 9.64. The first-order valence-corrected chi connectivity index (χ1v) is 9.55. The van der Waals surface area contributed by atoms with Gasteiger partial charge in [0.25, 0.3) is 0 Å². The number of fused-ring (bicyclic) bond motifs is 1. The Balaban J connectivity index is 1.40. The van der Waals surface area contributed by atoms with Gasteiger partial charge in [0.1, 0.15) is 6.61 Å². The third-order valence-corrected chi connectivity index (χ3v) is 6.70. The second-order valence-corrected chi connectivity index (χ2v) is 8.97. The number of hydrogen-bond donors (Lipinski definition) is 0. The molecule has 0 N–H and O–H groups in total. The molecule has 2 unspecified atom stereocenters. The summed E-state index contributed by atoms with van der Waals surface area (Å²) >= 11 is 0. The van der Waals surface area contributed by atoms with Gasteiger partial charge in [0, 0.05) is 18.4 Å². The molecule has 26 heavy (non-hydrogen) atoms. The Morgan fingerprint density at radius 1 is 1.19 bits per heavy atom. The predicted octanol–water partition coefficient (Wildman–Crippen LogP) is 3.88. The number of nitrogens with zero attached hydrogens (tertiary/aromatic N) is 1. The monoisotopic (exact) mass is 357 g/mol. The van der Waals surface area contributed by atoms with Gasteiger partial charge in [-0.25, -0.2) is 4.79 Å². The topological polar surface area (TPSA) is 48.0 Å². The fourth-order valence-corrected chi connectivity index (χ4v) is 4.14. The van der Waals surface area contributed by atoms with Gasteiger partial charge in [-0.2, -0.15) is 0 Å². The Morgan fingerprint density at radius 2 is 1.85 bits per heavy atom. The molecule has 2 saturated heterocycles. The lowest BCUT2D eigenvalue weighted by Crippen LogP contribution is -2.45. The fraction of sp³-hybridized carbons (Fsp3) is 0.650. The normalized spacial score (nSPS) is 31.5. The van der Waals surface area contributed by atoms with E-state index in [0.717, 1.165) is 24.9 Å². The first kappa shape index (κ1) is 17.9. The number of piperidine rings is 1. The number of rotatable bonds is 3. The molecule has 6 heteroatoms. The van der Waals surface area contributed by atoms with Crippen LogP contribution in [0.4, 0.5) is 4.79 Å². The van der Waals surface area contributed by atoms with E-state index in [2.05, 4.69) is 27.7 Å². The number of ether oxygens (including phenoxy) is 1. The molecule has 2 heterocycles. The average Bonchev–Trinajstić information content (AvgIpc) is 3.29. The van der Waals surface area contributed by atoms with Crippen LogP contribution in [0.2, 0.25) is 5.31 Å². The Kier molecular flexibility index (Phi) is 4.12. The molecule has 1 aliphatic carbocycles. The maximum Gasteiger partial charge on any atom is 0.466 e. The fourth-order valence-electron chi connectivity index (χ4n) is 4.14. The summed E-state index contributed by atoms with van der Waals surface area (Å²) in [5.41, 5.74) is 0.327. The van der Waals surface area contributed by atoms with Crippen LogP contribution >= 0.6 is 0 Å². The number of carbonyl (C=O) groups is 1. The van der Waals surface area contributed by atoms with E-state index in [1.165, 1.54) is 0 Å². The van der Waals surface area contributed by atoms with Crippen molar-refractivity contribution in [1.29, 1.82) is 0 Å². The van der Waals surface area contributed by atoms with Crippen LogP contribution in [0, 0.1) is 5.92 Å². The minimum atomic E-state index is -0.338. The molecule has 4 rings (SSSR count). The standard InChI is InChI=1S/C20H28BNO4/c1-18(2)19(3,4)26-21(25-18)20-12-16(20)10-11-22(14-20)17(23)24-13-15-8-6-5-7-9-15/h5-9,16H,10-14H2,1-4H3. The van der Waals surface area contributed by atoms with E-state index in [4.69, 9.17) is 14.0 Å². The number of likely N-dealkylation sites (tertiary alicyclic amines) is 1. The van der Waals surface area contributed by atoms with E-state index in [0.29, 0.717) is 19.1 Å². The lowest BCUT2D eigenvalue weighted by molar-refractivity contribution is 0.00578. The van der Waals surface area contributed by atoms with Crippen molar-refractivity contribution < 1.29 is 18.8 Å². The van der Waals surface area contributed by atoms with Crippen molar-refractivity contribution in [3.8, 4) is 0 Å². The first-order chi connectivity index (χ1) is 12.2. The number of carbonyl (C=O) groups excluding carboxylic acids is 1. The van der Waals surface area contributed by atoms with Gasteiger partial charge in [0.15, 0.2) is 0 Å². The summed E-state index contributed by atoms with van der Waals surface area (Å²) in [7, 11) is -0.248.